The Bertz CT molecular complexity index is 694. The van der Waals surface area contributed by atoms with Crippen LogP contribution in [0.2, 0.25) is 0 Å². The van der Waals surface area contributed by atoms with Crippen LogP contribution in [0.15, 0.2) is 54.6 Å². The van der Waals surface area contributed by atoms with E-state index in [-0.39, 0.29) is 6.03 Å². The first-order valence-electron chi connectivity index (χ1n) is 10.2. The quantitative estimate of drug-likeness (QED) is 0.322. The number of anilines is 1. The zero-order chi connectivity index (χ0) is 20.0. The number of urea groups is 1. The van der Waals surface area contributed by atoms with Crippen molar-refractivity contribution in [2.45, 2.75) is 51.9 Å². The number of nitrogens with zero attached hydrogens (tertiary/aromatic N) is 1. The molecule has 0 saturated carbocycles. The van der Waals surface area contributed by atoms with Gasteiger partial charge in [-0.05, 0) is 49.8 Å². The van der Waals surface area contributed by atoms with Crippen LogP contribution in [-0.4, -0.2) is 23.5 Å². The fraction of sp³-hybridized carbons (Fsp3) is 0.435. The third kappa shape index (κ3) is 8.70. The molecule has 2 rings (SSSR count). The molecule has 0 aromatic heterocycles. The molecule has 0 aliphatic heterocycles. The number of rotatable bonds is 12. The predicted molar refractivity (Wildman–Crippen MR) is 120 cm³/mol. The summed E-state index contributed by atoms with van der Waals surface area (Å²) in [5, 5.41) is 2.87. The van der Waals surface area contributed by atoms with Crippen molar-refractivity contribution in [2.24, 2.45) is 0 Å². The van der Waals surface area contributed by atoms with Gasteiger partial charge in [-0.25, -0.2) is 4.79 Å². The maximum absolute atomic E-state index is 12.2. The van der Waals surface area contributed by atoms with E-state index >= 15 is 0 Å². The van der Waals surface area contributed by atoms with Gasteiger partial charge in [0.1, 0.15) is 5.75 Å². The number of aryl methyl sites for hydroxylation is 1. The Morgan fingerprint density at radius 3 is 2.61 bits per heavy atom. The monoisotopic (exact) mass is 400 g/mol. The Balaban J connectivity index is 1.65. The number of unbranched alkanes of at least 4 members (excludes halogenated alkanes) is 4. The number of hydrogen-bond donors (Lipinski definition) is 2. The first-order chi connectivity index (χ1) is 13.7. The Morgan fingerprint density at radius 2 is 1.82 bits per heavy atom. The van der Waals surface area contributed by atoms with E-state index in [1.54, 1.807) is 0 Å². The fourth-order valence-corrected chi connectivity index (χ4v) is 3.10. The summed E-state index contributed by atoms with van der Waals surface area (Å²) in [5.74, 6) is 0.776. The maximum atomic E-state index is 12.2. The number of nitrogens with one attached hydrogen (secondary N) is 1. The highest BCUT2D eigenvalue weighted by molar-refractivity contribution is 7.78. The number of carbonyl (C=O) groups is 1. The Hall–Kier alpha value is -2.14. The van der Waals surface area contributed by atoms with Crippen LogP contribution in [0.4, 0.5) is 10.5 Å². The molecule has 0 radical (unpaired) electrons. The number of ether oxygens (including phenoxy) is 1. The van der Waals surface area contributed by atoms with E-state index in [0.29, 0.717) is 13.2 Å². The van der Waals surface area contributed by atoms with E-state index in [2.05, 4.69) is 49.3 Å². The molecule has 2 amide bonds. The third-order valence-corrected chi connectivity index (χ3v) is 4.90. The van der Waals surface area contributed by atoms with E-state index in [9.17, 15) is 4.79 Å². The highest BCUT2D eigenvalue weighted by Gasteiger charge is 2.09. The first kappa shape index (κ1) is 22.2. The lowest BCUT2D eigenvalue weighted by atomic mass is 10.1. The van der Waals surface area contributed by atoms with Crippen LogP contribution in [0.5, 0.6) is 5.75 Å². The van der Waals surface area contributed by atoms with Gasteiger partial charge in [0.15, 0.2) is 0 Å². The van der Waals surface area contributed by atoms with Crippen molar-refractivity contribution in [3.05, 3.63) is 60.2 Å². The van der Waals surface area contributed by atoms with E-state index < -0.39 is 0 Å². The summed E-state index contributed by atoms with van der Waals surface area (Å²) in [6, 6.07) is 17.9. The van der Waals surface area contributed by atoms with Crippen molar-refractivity contribution in [1.82, 2.24) is 4.31 Å². The summed E-state index contributed by atoms with van der Waals surface area (Å²) in [6.07, 6.45) is 7.61. The topological polar surface area (TPSA) is 41.6 Å². The number of amides is 2. The smallest absolute Gasteiger partial charge is 0.331 e. The molecule has 28 heavy (non-hydrogen) atoms. The molecule has 5 heteroatoms. The second-order valence-corrected chi connectivity index (χ2v) is 7.42. The van der Waals surface area contributed by atoms with Gasteiger partial charge in [0.25, 0.3) is 0 Å². The Morgan fingerprint density at radius 1 is 1.00 bits per heavy atom. The van der Waals surface area contributed by atoms with Crippen LogP contribution in [0, 0.1) is 0 Å². The zero-order valence-electron chi connectivity index (χ0n) is 16.8. The number of benzene rings is 2. The van der Waals surface area contributed by atoms with Crippen molar-refractivity contribution in [3.63, 3.8) is 0 Å². The van der Waals surface area contributed by atoms with Crippen molar-refractivity contribution >= 4 is 24.5 Å². The van der Waals surface area contributed by atoms with Crippen LogP contribution in [0.1, 0.15) is 51.0 Å². The molecular formula is C23H32N2O2S. The van der Waals surface area contributed by atoms with Gasteiger partial charge in [-0.15, -0.1) is 0 Å². The largest absolute Gasteiger partial charge is 0.494 e. The summed E-state index contributed by atoms with van der Waals surface area (Å²) in [6.45, 7) is 3.46. The van der Waals surface area contributed by atoms with Crippen molar-refractivity contribution in [2.75, 3.05) is 18.5 Å². The molecule has 0 spiro atoms. The Labute approximate surface area is 174 Å². The zero-order valence-corrected chi connectivity index (χ0v) is 17.7. The van der Waals surface area contributed by atoms with Gasteiger partial charge in [-0.2, -0.15) is 0 Å². The third-order valence-electron chi connectivity index (χ3n) is 4.51. The normalized spacial score (nSPS) is 10.5. The minimum Gasteiger partial charge on any atom is -0.494 e. The highest BCUT2D eigenvalue weighted by Crippen LogP contribution is 2.19. The summed E-state index contributed by atoms with van der Waals surface area (Å²) < 4.78 is 7.26. The molecule has 0 unspecified atom stereocenters. The van der Waals surface area contributed by atoms with Gasteiger partial charge in [0.05, 0.1) is 6.61 Å². The van der Waals surface area contributed by atoms with Crippen LogP contribution in [-0.2, 0) is 6.42 Å². The predicted octanol–water partition coefficient (Wildman–Crippen LogP) is 6.35. The van der Waals surface area contributed by atoms with E-state index in [4.69, 9.17) is 4.74 Å². The second-order valence-electron chi connectivity index (χ2n) is 6.93. The van der Waals surface area contributed by atoms with Crippen LogP contribution < -0.4 is 10.1 Å². The molecule has 4 nitrogen and oxygen atoms in total. The molecule has 152 valence electrons. The van der Waals surface area contributed by atoms with Gasteiger partial charge in [-0.3, -0.25) is 4.31 Å². The standard InChI is InChI=1S/C23H32N2O2S/c1-2-3-9-17-25(28)23(26)24-21-15-11-16-22(19-21)27-18-10-5-8-14-20-12-6-4-7-13-20/h4,6-7,11-13,15-16,19,28H,2-3,5,8-10,14,17-18H2,1H3,(H,24,26). The minimum atomic E-state index is -0.211. The van der Waals surface area contributed by atoms with Crippen LogP contribution in [0.25, 0.3) is 0 Å². The molecule has 2 aromatic carbocycles. The number of hydrogen-bond acceptors (Lipinski definition) is 3. The lowest BCUT2D eigenvalue weighted by Gasteiger charge is -2.16. The SMILES string of the molecule is CCCCCN(S)C(=O)Nc1cccc(OCCCCCc2ccccc2)c1. The minimum absolute atomic E-state index is 0.211. The average molecular weight is 401 g/mol. The first-order valence-corrected chi connectivity index (χ1v) is 10.6. The lowest BCUT2D eigenvalue weighted by molar-refractivity contribution is 0.238. The highest BCUT2D eigenvalue weighted by atomic mass is 32.1. The van der Waals surface area contributed by atoms with Gasteiger partial charge in [0, 0.05) is 18.3 Å². The molecule has 0 fully saturated rings. The molecule has 1 N–H and O–H groups in total. The fourth-order valence-electron chi connectivity index (χ4n) is 2.91. The molecule has 0 atom stereocenters. The van der Waals surface area contributed by atoms with Gasteiger partial charge in [-0.1, -0.05) is 69.0 Å². The molecule has 0 saturated heterocycles. The van der Waals surface area contributed by atoms with Crippen LogP contribution >= 0.6 is 12.8 Å². The summed E-state index contributed by atoms with van der Waals surface area (Å²) in [5.41, 5.74) is 2.11. The molecule has 0 bridgehead atoms. The van der Waals surface area contributed by atoms with E-state index in [1.807, 2.05) is 30.3 Å². The van der Waals surface area contributed by atoms with Crippen LogP contribution in [0.3, 0.4) is 0 Å². The molecule has 2 aromatic rings. The second kappa shape index (κ2) is 13.1. The number of thiol groups is 1. The van der Waals surface area contributed by atoms with Gasteiger partial charge in [0.2, 0.25) is 0 Å². The molecule has 0 aliphatic carbocycles. The van der Waals surface area contributed by atoms with E-state index in [1.165, 1.54) is 16.3 Å². The van der Waals surface area contributed by atoms with Crippen molar-refractivity contribution in [3.8, 4) is 5.75 Å². The molecule has 0 heterocycles. The van der Waals surface area contributed by atoms with E-state index in [0.717, 1.165) is 50.0 Å². The summed E-state index contributed by atoms with van der Waals surface area (Å²) in [7, 11) is 0. The molecule has 0 aliphatic rings. The summed E-state index contributed by atoms with van der Waals surface area (Å²) >= 11 is 4.26. The van der Waals surface area contributed by atoms with Gasteiger partial charge < -0.3 is 10.1 Å². The van der Waals surface area contributed by atoms with Gasteiger partial charge >= 0.3 is 6.03 Å². The Kier molecular flexibility index (Phi) is 10.4. The average Bonchev–Trinajstić information content (AvgIpc) is 2.71. The molecular weight excluding hydrogens is 368 g/mol. The van der Waals surface area contributed by atoms with Crippen molar-refractivity contribution in [1.29, 1.82) is 0 Å². The number of carbonyl (C=O) groups excluding carboxylic acids is 1. The maximum Gasteiger partial charge on any atom is 0.331 e. The summed E-state index contributed by atoms with van der Waals surface area (Å²) in [4.78, 5) is 12.2. The van der Waals surface area contributed by atoms with Crippen molar-refractivity contribution < 1.29 is 9.53 Å². The lowest BCUT2D eigenvalue weighted by Crippen LogP contribution is -2.27.